The van der Waals surface area contributed by atoms with Gasteiger partial charge in [0.25, 0.3) is 5.91 Å². The quantitative estimate of drug-likeness (QED) is 0.466. The van der Waals surface area contributed by atoms with Crippen LogP contribution in [0.1, 0.15) is 6.92 Å². The van der Waals surface area contributed by atoms with E-state index in [9.17, 15) is 19.2 Å². The van der Waals surface area contributed by atoms with Crippen LogP contribution in [0.3, 0.4) is 0 Å². The molecule has 1 unspecified atom stereocenters. The number of halogens is 1. The predicted molar refractivity (Wildman–Crippen MR) is 65.8 cm³/mol. The fourth-order valence-corrected chi connectivity index (χ4v) is 2.03. The molecule has 0 radical (unpaired) electrons. The molecule has 1 aliphatic heterocycles. The zero-order valence-corrected chi connectivity index (χ0v) is 10.9. The largest absolute Gasteiger partial charge is 0.302 e. The maximum atomic E-state index is 11.9. The SMILES string of the molecule is CC(=O)C1C(=O)C(=O)N(c2ccc(Br)cc2)C1=O. The fraction of sp³-hybridized carbons (Fsp3) is 0.167. The standard InChI is InChI=1S/C12H8BrNO4/c1-6(15)9-10(16)12(18)14(11(9)17)8-4-2-7(13)3-5-8/h2-5,9H,1H3. The first-order valence-electron chi connectivity index (χ1n) is 5.11. The summed E-state index contributed by atoms with van der Waals surface area (Å²) in [5.41, 5.74) is 0.283. The monoisotopic (exact) mass is 309 g/mol. The summed E-state index contributed by atoms with van der Waals surface area (Å²) < 4.78 is 0.778. The number of carbonyl (C=O) groups excluding carboxylic acids is 4. The minimum Gasteiger partial charge on any atom is -0.299 e. The van der Waals surface area contributed by atoms with Gasteiger partial charge in [0.15, 0.2) is 5.92 Å². The number of Topliss-reactive ketones (excluding diaryl/α,β-unsaturated/α-hetero) is 2. The van der Waals surface area contributed by atoms with Crippen LogP contribution in [-0.4, -0.2) is 23.4 Å². The van der Waals surface area contributed by atoms with Gasteiger partial charge < -0.3 is 0 Å². The molecule has 18 heavy (non-hydrogen) atoms. The number of carbonyl (C=O) groups is 4. The Bertz CT molecular complexity index is 564. The number of ketones is 2. The Morgan fingerprint density at radius 1 is 1.17 bits per heavy atom. The smallest absolute Gasteiger partial charge is 0.299 e. The van der Waals surface area contributed by atoms with Gasteiger partial charge in [-0.3, -0.25) is 19.2 Å². The molecule has 1 heterocycles. The molecular formula is C12H8BrNO4. The van der Waals surface area contributed by atoms with Crippen LogP contribution in [0.15, 0.2) is 28.7 Å². The molecule has 0 aliphatic carbocycles. The number of hydrogen-bond donors (Lipinski definition) is 0. The van der Waals surface area contributed by atoms with Crippen LogP contribution in [-0.2, 0) is 19.2 Å². The molecule has 1 saturated heterocycles. The summed E-state index contributed by atoms with van der Waals surface area (Å²) >= 11 is 3.22. The van der Waals surface area contributed by atoms with Crippen molar-refractivity contribution in [3.8, 4) is 0 Å². The number of nitrogens with zero attached hydrogens (tertiary/aromatic N) is 1. The number of benzene rings is 1. The third-order valence-electron chi connectivity index (χ3n) is 2.63. The molecular weight excluding hydrogens is 302 g/mol. The van der Waals surface area contributed by atoms with E-state index in [4.69, 9.17) is 0 Å². The minimum atomic E-state index is -1.49. The van der Waals surface area contributed by atoms with Gasteiger partial charge in [0.05, 0.1) is 5.69 Å². The summed E-state index contributed by atoms with van der Waals surface area (Å²) in [6.45, 7) is 1.12. The predicted octanol–water partition coefficient (Wildman–Crippen LogP) is 1.10. The van der Waals surface area contributed by atoms with Crippen molar-refractivity contribution in [3.05, 3.63) is 28.7 Å². The van der Waals surface area contributed by atoms with Crippen LogP contribution < -0.4 is 4.90 Å². The first-order valence-corrected chi connectivity index (χ1v) is 5.91. The lowest BCUT2D eigenvalue weighted by Crippen LogP contribution is -2.31. The van der Waals surface area contributed by atoms with Crippen LogP contribution in [0.4, 0.5) is 5.69 Å². The van der Waals surface area contributed by atoms with Crippen molar-refractivity contribution in [2.24, 2.45) is 5.92 Å². The van der Waals surface area contributed by atoms with E-state index in [2.05, 4.69) is 15.9 Å². The van der Waals surface area contributed by atoms with Crippen molar-refractivity contribution in [1.82, 2.24) is 0 Å². The van der Waals surface area contributed by atoms with Crippen molar-refractivity contribution in [2.45, 2.75) is 6.92 Å². The fourth-order valence-electron chi connectivity index (χ4n) is 1.77. The lowest BCUT2D eigenvalue weighted by Gasteiger charge is -2.13. The Balaban J connectivity index is 2.43. The number of amides is 2. The first kappa shape index (κ1) is 12.6. The number of rotatable bonds is 2. The summed E-state index contributed by atoms with van der Waals surface area (Å²) in [7, 11) is 0. The zero-order valence-electron chi connectivity index (χ0n) is 9.34. The average molecular weight is 310 g/mol. The molecule has 92 valence electrons. The normalized spacial score (nSPS) is 19.6. The van der Waals surface area contributed by atoms with E-state index < -0.39 is 29.3 Å². The van der Waals surface area contributed by atoms with Gasteiger partial charge in [-0.15, -0.1) is 0 Å². The highest BCUT2D eigenvalue weighted by atomic mass is 79.9. The summed E-state index contributed by atoms with van der Waals surface area (Å²) in [6.07, 6.45) is 0. The highest BCUT2D eigenvalue weighted by Gasteiger charge is 2.49. The molecule has 0 N–H and O–H groups in total. The van der Waals surface area contributed by atoms with E-state index in [1.165, 1.54) is 12.1 Å². The minimum absolute atomic E-state index is 0.283. The topological polar surface area (TPSA) is 71.5 Å². The van der Waals surface area contributed by atoms with E-state index in [0.717, 1.165) is 16.3 Å². The van der Waals surface area contributed by atoms with Crippen molar-refractivity contribution in [3.63, 3.8) is 0 Å². The molecule has 0 bridgehead atoms. The summed E-state index contributed by atoms with van der Waals surface area (Å²) in [4.78, 5) is 47.1. The molecule has 2 amide bonds. The maximum Gasteiger partial charge on any atom is 0.302 e. The van der Waals surface area contributed by atoms with Gasteiger partial charge in [-0.2, -0.15) is 0 Å². The lowest BCUT2D eigenvalue weighted by atomic mass is 10.0. The van der Waals surface area contributed by atoms with Gasteiger partial charge in [-0.05, 0) is 31.2 Å². The third kappa shape index (κ3) is 1.88. The van der Waals surface area contributed by atoms with Crippen molar-refractivity contribution in [2.75, 3.05) is 4.90 Å². The van der Waals surface area contributed by atoms with Gasteiger partial charge in [0.2, 0.25) is 5.78 Å². The highest BCUT2D eigenvalue weighted by Crippen LogP contribution is 2.26. The van der Waals surface area contributed by atoms with Gasteiger partial charge in [-0.1, -0.05) is 15.9 Å². The van der Waals surface area contributed by atoms with E-state index in [1.807, 2.05) is 0 Å². The number of imide groups is 1. The first-order chi connectivity index (χ1) is 8.43. The molecule has 6 heteroatoms. The molecule has 0 saturated carbocycles. The molecule has 1 fully saturated rings. The Morgan fingerprint density at radius 2 is 1.72 bits per heavy atom. The molecule has 1 aromatic carbocycles. The highest BCUT2D eigenvalue weighted by molar-refractivity contribution is 9.10. The summed E-state index contributed by atoms with van der Waals surface area (Å²) in [5.74, 6) is -4.79. The summed E-state index contributed by atoms with van der Waals surface area (Å²) in [6, 6.07) is 6.33. The van der Waals surface area contributed by atoms with Crippen molar-refractivity contribution in [1.29, 1.82) is 0 Å². The second kappa shape index (κ2) is 4.45. The molecule has 1 atom stereocenters. The molecule has 5 nitrogen and oxygen atoms in total. The third-order valence-corrected chi connectivity index (χ3v) is 3.16. The second-order valence-electron chi connectivity index (χ2n) is 3.86. The molecule has 0 spiro atoms. The molecule has 1 aliphatic rings. The van der Waals surface area contributed by atoms with Crippen molar-refractivity contribution >= 4 is 45.0 Å². The van der Waals surface area contributed by atoms with Crippen LogP contribution in [0, 0.1) is 5.92 Å². The molecule has 1 aromatic rings. The van der Waals surface area contributed by atoms with Crippen LogP contribution in [0.2, 0.25) is 0 Å². The lowest BCUT2D eigenvalue weighted by molar-refractivity contribution is -0.139. The van der Waals surface area contributed by atoms with E-state index in [-0.39, 0.29) is 5.69 Å². The van der Waals surface area contributed by atoms with Gasteiger partial charge in [-0.25, -0.2) is 4.90 Å². The Morgan fingerprint density at radius 3 is 2.17 bits per heavy atom. The average Bonchev–Trinajstić information content (AvgIpc) is 2.52. The molecule has 2 rings (SSSR count). The Hall–Kier alpha value is -1.82. The zero-order chi connectivity index (χ0) is 13.4. The second-order valence-corrected chi connectivity index (χ2v) is 4.78. The van der Waals surface area contributed by atoms with Gasteiger partial charge in [0, 0.05) is 4.47 Å². The van der Waals surface area contributed by atoms with E-state index in [0.29, 0.717) is 0 Å². The number of hydrogen-bond acceptors (Lipinski definition) is 4. The van der Waals surface area contributed by atoms with E-state index >= 15 is 0 Å². The number of anilines is 1. The van der Waals surface area contributed by atoms with Crippen LogP contribution in [0.25, 0.3) is 0 Å². The Kier molecular flexibility index (Phi) is 3.13. The van der Waals surface area contributed by atoms with E-state index in [1.54, 1.807) is 12.1 Å². The maximum absolute atomic E-state index is 11.9. The Labute approximate surface area is 111 Å². The molecule has 0 aromatic heterocycles. The summed E-state index contributed by atoms with van der Waals surface area (Å²) in [5, 5.41) is 0. The van der Waals surface area contributed by atoms with Crippen LogP contribution >= 0.6 is 15.9 Å². The van der Waals surface area contributed by atoms with Crippen LogP contribution in [0.5, 0.6) is 0 Å². The van der Waals surface area contributed by atoms with Gasteiger partial charge in [0.1, 0.15) is 5.78 Å². The van der Waals surface area contributed by atoms with Gasteiger partial charge >= 0.3 is 5.91 Å². The van der Waals surface area contributed by atoms with Crippen molar-refractivity contribution < 1.29 is 19.2 Å².